The van der Waals surface area contributed by atoms with Crippen molar-refractivity contribution in [1.82, 2.24) is 5.32 Å². The van der Waals surface area contributed by atoms with Gasteiger partial charge in [-0.3, -0.25) is 0 Å². The van der Waals surface area contributed by atoms with Gasteiger partial charge in [-0.05, 0) is 37.1 Å². The molecule has 1 aliphatic rings. The van der Waals surface area contributed by atoms with Crippen LogP contribution in [-0.4, -0.2) is 32.4 Å². The topological polar surface area (TPSA) is 30.5 Å². The van der Waals surface area contributed by atoms with Crippen molar-refractivity contribution >= 4 is 15.9 Å². The van der Waals surface area contributed by atoms with Crippen LogP contribution in [0.4, 0.5) is 0 Å². The highest BCUT2D eigenvalue weighted by atomic mass is 79.9. The molecule has 1 fully saturated rings. The predicted molar refractivity (Wildman–Crippen MR) is 85.3 cm³/mol. The molecule has 0 spiro atoms. The third-order valence-electron chi connectivity index (χ3n) is 3.55. The molecule has 1 aromatic carbocycles. The Morgan fingerprint density at radius 3 is 2.45 bits per heavy atom. The van der Waals surface area contributed by atoms with Gasteiger partial charge < -0.3 is 14.8 Å². The Morgan fingerprint density at radius 2 is 1.70 bits per heavy atom. The van der Waals surface area contributed by atoms with Crippen molar-refractivity contribution in [2.75, 3.05) is 26.3 Å². The van der Waals surface area contributed by atoms with Crippen LogP contribution in [0.25, 0.3) is 0 Å². The van der Waals surface area contributed by atoms with E-state index in [0.717, 1.165) is 29.9 Å². The maximum atomic E-state index is 5.85. The van der Waals surface area contributed by atoms with E-state index < -0.39 is 0 Å². The zero-order valence-corrected chi connectivity index (χ0v) is 13.5. The fraction of sp³-hybridized carbons (Fsp3) is 0.625. The lowest BCUT2D eigenvalue weighted by molar-refractivity contribution is 0.0301. The molecule has 1 aromatic rings. The maximum absolute atomic E-state index is 5.85. The van der Waals surface area contributed by atoms with E-state index in [0.29, 0.717) is 12.7 Å². The van der Waals surface area contributed by atoms with E-state index in [2.05, 4.69) is 21.2 Å². The summed E-state index contributed by atoms with van der Waals surface area (Å²) in [6.07, 6.45) is 7.04. The summed E-state index contributed by atoms with van der Waals surface area (Å²) in [6, 6.07) is 7.91. The van der Waals surface area contributed by atoms with Crippen LogP contribution >= 0.6 is 15.9 Å². The summed E-state index contributed by atoms with van der Waals surface area (Å²) in [5.41, 5.74) is 0. The van der Waals surface area contributed by atoms with Crippen LogP contribution in [0.5, 0.6) is 5.75 Å². The van der Waals surface area contributed by atoms with Gasteiger partial charge in [-0.2, -0.15) is 0 Å². The van der Waals surface area contributed by atoms with Gasteiger partial charge >= 0.3 is 0 Å². The maximum Gasteiger partial charge on any atom is 0.119 e. The molecule has 0 unspecified atom stereocenters. The minimum atomic E-state index is 0.504. The zero-order valence-electron chi connectivity index (χ0n) is 11.9. The lowest BCUT2D eigenvalue weighted by Gasteiger charge is -2.22. The Morgan fingerprint density at radius 1 is 1.00 bits per heavy atom. The molecule has 4 heteroatoms. The standard InChI is InChI=1S/C16H24BrNO2/c17-14-6-8-16(9-7-14)20-13-11-18-10-12-19-15-4-2-1-3-5-15/h6-9,15,18H,1-5,10-13H2. The van der Waals surface area contributed by atoms with Gasteiger partial charge in [0.1, 0.15) is 12.4 Å². The quantitative estimate of drug-likeness (QED) is 0.730. The zero-order chi connectivity index (χ0) is 14.0. The molecule has 3 nitrogen and oxygen atoms in total. The van der Waals surface area contributed by atoms with Crippen molar-refractivity contribution in [3.63, 3.8) is 0 Å². The van der Waals surface area contributed by atoms with Crippen LogP contribution in [0.15, 0.2) is 28.7 Å². The van der Waals surface area contributed by atoms with E-state index in [1.807, 2.05) is 24.3 Å². The lowest BCUT2D eigenvalue weighted by atomic mass is 9.98. The molecular weight excluding hydrogens is 318 g/mol. The average molecular weight is 342 g/mol. The second-order valence-electron chi connectivity index (χ2n) is 5.18. The van der Waals surface area contributed by atoms with E-state index in [-0.39, 0.29) is 0 Å². The van der Waals surface area contributed by atoms with E-state index in [9.17, 15) is 0 Å². The van der Waals surface area contributed by atoms with Crippen LogP contribution in [0.3, 0.4) is 0 Å². The first kappa shape index (κ1) is 15.8. The third kappa shape index (κ3) is 6.25. The molecule has 1 saturated carbocycles. The summed E-state index contributed by atoms with van der Waals surface area (Å²) < 4.78 is 12.6. The van der Waals surface area contributed by atoms with Crippen molar-refractivity contribution in [2.24, 2.45) is 0 Å². The van der Waals surface area contributed by atoms with Crippen molar-refractivity contribution in [2.45, 2.75) is 38.2 Å². The summed E-state index contributed by atoms with van der Waals surface area (Å²) >= 11 is 3.41. The number of hydrogen-bond donors (Lipinski definition) is 1. The first-order valence-corrected chi connectivity index (χ1v) is 8.34. The largest absolute Gasteiger partial charge is 0.492 e. The molecule has 0 radical (unpaired) electrons. The summed E-state index contributed by atoms with van der Waals surface area (Å²) in [7, 11) is 0. The van der Waals surface area contributed by atoms with Crippen LogP contribution in [-0.2, 0) is 4.74 Å². The van der Waals surface area contributed by atoms with Crippen molar-refractivity contribution in [1.29, 1.82) is 0 Å². The molecular formula is C16H24BrNO2. The van der Waals surface area contributed by atoms with Gasteiger partial charge in [-0.15, -0.1) is 0 Å². The molecule has 1 aliphatic carbocycles. The van der Waals surface area contributed by atoms with E-state index in [1.165, 1.54) is 32.1 Å². The lowest BCUT2D eigenvalue weighted by Crippen LogP contribution is -2.27. The van der Waals surface area contributed by atoms with Crippen molar-refractivity contribution in [3.8, 4) is 5.75 Å². The molecule has 0 aliphatic heterocycles. The number of benzene rings is 1. The van der Waals surface area contributed by atoms with Crippen molar-refractivity contribution < 1.29 is 9.47 Å². The molecule has 112 valence electrons. The van der Waals surface area contributed by atoms with E-state index in [1.54, 1.807) is 0 Å². The monoisotopic (exact) mass is 341 g/mol. The number of rotatable bonds is 8. The minimum absolute atomic E-state index is 0.504. The average Bonchev–Trinajstić information content (AvgIpc) is 2.49. The molecule has 1 N–H and O–H groups in total. The van der Waals surface area contributed by atoms with Gasteiger partial charge in [0.2, 0.25) is 0 Å². The highest BCUT2D eigenvalue weighted by Crippen LogP contribution is 2.19. The van der Waals surface area contributed by atoms with Gasteiger partial charge in [-0.1, -0.05) is 35.2 Å². The number of ether oxygens (including phenoxy) is 2. The summed E-state index contributed by atoms with van der Waals surface area (Å²) in [4.78, 5) is 0. The summed E-state index contributed by atoms with van der Waals surface area (Å²) in [5, 5.41) is 3.35. The van der Waals surface area contributed by atoms with E-state index in [4.69, 9.17) is 9.47 Å². The van der Waals surface area contributed by atoms with E-state index >= 15 is 0 Å². The first-order chi connectivity index (χ1) is 9.84. The van der Waals surface area contributed by atoms with Crippen molar-refractivity contribution in [3.05, 3.63) is 28.7 Å². The summed E-state index contributed by atoms with van der Waals surface area (Å²) in [6.45, 7) is 3.25. The fourth-order valence-electron chi connectivity index (χ4n) is 2.43. The number of hydrogen-bond acceptors (Lipinski definition) is 3. The number of halogens is 1. The molecule has 0 saturated heterocycles. The Kier molecular flexibility index (Phi) is 7.41. The van der Waals surface area contributed by atoms with Gasteiger partial charge in [0.15, 0.2) is 0 Å². The summed E-state index contributed by atoms with van der Waals surface area (Å²) in [5.74, 6) is 0.911. The molecule has 0 amide bonds. The van der Waals surface area contributed by atoms with Crippen LogP contribution in [0.1, 0.15) is 32.1 Å². The first-order valence-electron chi connectivity index (χ1n) is 7.55. The highest BCUT2D eigenvalue weighted by molar-refractivity contribution is 9.10. The van der Waals surface area contributed by atoms with Gasteiger partial charge in [0.05, 0.1) is 12.7 Å². The SMILES string of the molecule is Brc1ccc(OCCNCCOC2CCCCC2)cc1. The molecule has 0 heterocycles. The minimum Gasteiger partial charge on any atom is -0.492 e. The highest BCUT2D eigenvalue weighted by Gasteiger charge is 2.12. The van der Waals surface area contributed by atoms with Crippen LogP contribution in [0.2, 0.25) is 0 Å². The smallest absolute Gasteiger partial charge is 0.119 e. The fourth-order valence-corrected chi connectivity index (χ4v) is 2.69. The Balaban J connectivity index is 1.44. The van der Waals surface area contributed by atoms with Gasteiger partial charge in [0.25, 0.3) is 0 Å². The van der Waals surface area contributed by atoms with Gasteiger partial charge in [-0.25, -0.2) is 0 Å². The Bertz CT molecular complexity index is 363. The molecule has 0 bridgehead atoms. The molecule has 2 rings (SSSR count). The number of nitrogens with one attached hydrogen (secondary N) is 1. The Labute approximate surface area is 130 Å². The van der Waals surface area contributed by atoms with Crippen LogP contribution < -0.4 is 10.1 Å². The second kappa shape index (κ2) is 9.37. The normalized spacial score (nSPS) is 16.2. The second-order valence-corrected chi connectivity index (χ2v) is 6.10. The molecule has 0 atom stereocenters. The third-order valence-corrected chi connectivity index (χ3v) is 4.07. The predicted octanol–water partition coefficient (Wildman–Crippen LogP) is 3.77. The molecule has 20 heavy (non-hydrogen) atoms. The molecule has 0 aromatic heterocycles. The van der Waals surface area contributed by atoms with Crippen LogP contribution in [0, 0.1) is 0 Å². The van der Waals surface area contributed by atoms with Gasteiger partial charge in [0, 0.05) is 17.6 Å². The Hall–Kier alpha value is -0.580.